The van der Waals surface area contributed by atoms with Gasteiger partial charge in [0.2, 0.25) is 0 Å². The lowest BCUT2D eigenvalue weighted by Crippen LogP contribution is -2.25. The van der Waals surface area contributed by atoms with Crippen molar-refractivity contribution >= 4 is 39.3 Å². The number of rotatable bonds is 5. The third kappa shape index (κ3) is 3.67. The van der Waals surface area contributed by atoms with E-state index in [1.54, 1.807) is 35.0 Å². The Kier molecular flexibility index (Phi) is 5.28. The molecule has 3 N–H and O–H groups in total. The predicted octanol–water partition coefficient (Wildman–Crippen LogP) is 3.89. The van der Waals surface area contributed by atoms with Crippen LogP contribution in [0.3, 0.4) is 0 Å². The summed E-state index contributed by atoms with van der Waals surface area (Å²) >= 11 is 3.40. The van der Waals surface area contributed by atoms with E-state index in [2.05, 4.69) is 31.7 Å². The highest BCUT2D eigenvalue weighted by molar-refractivity contribution is 9.10. The number of carboxylic acids is 1. The number of nitrogens with one attached hydrogen (secondary N) is 2. The number of carbonyl (C=O) groups excluding carboxylic acids is 1. The van der Waals surface area contributed by atoms with E-state index in [9.17, 15) is 14.7 Å². The van der Waals surface area contributed by atoms with Crippen LogP contribution in [0.15, 0.2) is 71.0 Å². The van der Waals surface area contributed by atoms with E-state index in [0.717, 1.165) is 10.0 Å². The largest absolute Gasteiger partial charge is 0.495 e. The van der Waals surface area contributed by atoms with Gasteiger partial charge in [0.1, 0.15) is 22.8 Å². The van der Waals surface area contributed by atoms with Crippen LogP contribution in [0, 0.1) is 0 Å². The average Bonchev–Trinajstić information content (AvgIpc) is 3.18. The Labute approximate surface area is 180 Å². The molecular formula is C21H17BrN4O4. The molecule has 30 heavy (non-hydrogen) atoms. The summed E-state index contributed by atoms with van der Waals surface area (Å²) in [4.78, 5) is 24.6. The molecule has 152 valence electrons. The maximum absolute atomic E-state index is 12.9. The number of allylic oxidation sites excluding steroid dienone is 1. The molecule has 0 saturated heterocycles. The zero-order valence-corrected chi connectivity index (χ0v) is 17.4. The van der Waals surface area contributed by atoms with Gasteiger partial charge in [0, 0.05) is 4.47 Å². The molecule has 2 heterocycles. The van der Waals surface area contributed by atoms with Crippen LogP contribution in [0.5, 0.6) is 5.75 Å². The fourth-order valence-electron chi connectivity index (χ4n) is 3.22. The highest BCUT2D eigenvalue weighted by Crippen LogP contribution is 2.33. The van der Waals surface area contributed by atoms with Gasteiger partial charge in [-0.05, 0) is 35.9 Å². The molecule has 9 heteroatoms. The van der Waals surface area contributed by atoms with Crippen molar-refractivity contribution in [3.63, 3.8) is 0 Å². The molecule has 1 unspecified atom stereocenters. The topological polar surface area (TPSA) is 105 Å². The molecule has 2 aromatic carbocycles. The molecule has 3 aromatic rings. The number of hydrogen-bond acceptors (Lipinski definition) is 5. The molecule has 0 spiro atoms. The molecule has 0 radical (unpaired) electrons. The number of nitrogens with zero attached hydrogens (tertiary/aromatic N) is 2. The second-order valence-corrected chi connectivity index (χ2v) is 7.43. The van der Waals surface area contributed by atoms with E-state index in [4.69, 9.17) is 4.74 Å². The normalized spacial score (nSPS) is 14.9. The van der Waals surface area contributed by atoms with Gasteiger partial charge in [-0.15, -0.1) is 0 Å². The first kappa shape index (κ1) is 19.7. The van der Waals surface area contributed by atoms with Crippen LogP contribution < -0.4 is 15.4 Å². The van der Waals surface area contributed by atoms with Gasteiger partial charge in [-0.25, -0.2) is 9.48 Å². The monoisotopic (exact) mass is 468 g/mol. The van der Waals surface area contributed by atoms with Gasteiger partial charge in [0.05, 0.1) is 25.0 Å². The van der Waals surface area contributed by atoms with Gasteiger partial charge in [0.25, 0.3) is 5.91 Å². The SMILES string of the molecule is COc1ccccc1NC(=O)c1cnn2c1NC(C(=O)O)=CC2c1ccc(Br)cc1. The Morgan fingerprint density at radius 3 is 2.63 bits per heavy atom. The van der Waals surface area contributed by atoms with Crippen molar-refractivity contribution in [2.45, 2.75) is 6.04 Å². The second kappa shape index (κ2) is 8.03. The second-order valence-electron chi connectivity index (χ2n) is 6.51. The molecule has 4 rings (SSSR count). The van der Waals surface area contributed by atoms with Crippen LogP contribution in [0.2, 0.25) is 0 Å². The minimum atomic E-state index is -1.12. The number of aromatic nitrogens is 2. The van der Waals surface area contributed by atoms with E-state index < -0.39 is 17.9 Å². The summed E-state index contributed by atoms with van der Waals surface area (Å²) in [5.74, 6) is -0.746. The number of carbonyl (C=O) groups is 2. The number of carboxylic acid groups (broad SMARTS) is 1. The summed E-state index contributed by atoms with van der Waals surface area (Å²) in [7, 11) is 1.51. The number of halogens is 1. The number of para-hydroxylation sites is 2. The number of anilines is 2. The zero-order chi connectivity index (χ0) is 21.3. The smallest absolute Gasteiger partial charge is 0.352 e. The summed E-state index contributed by atoms with van der Waals surface area (Å²) in [5.41, 5.74) is 1.52. The van der Waals surface area contributed by atoms with E-state index >= 15 is 0 Å². The number of amides is 1. The molecule has 1 atom stereocenters. The van der Waals surface area contributed by atoms with Gasteiger partial charge in [-0.3, -0.25) is 4.79 Å². The van der Waals surface area contributed by atoms with Crippen molar-refractivity contribution in [3.05, 3.63) is 82.1 Å². The van der Waals surface area contributed by atoms with Crippen molar-refractivity contribution in [1.82, 2.24) is 9.78 Å². The van der Waals surface area contributed by atoms with Gasteiger partial charge in [0.15, 0.2) is 0 Å². The van der Waals surface area contributed by atoms with Crippen molar-refractivity contribution in [3.8, 4) is 5.75 Å². The number of hydrogen-bond donors (Lipinski definition) is 3. The third-order valence-corrected chi connectivity index (χ3v) is 5.21. The molecule has 1 aromatic heterocycles. The first-order valence-electron chi connectivity index (χ1n) is 8.97. The molecular weight excluding hydrogens is 452 g/mol. The molecule has 8 nitrogen and oxygen atoms in total. The predicted molar refractivity (Wildman–Crippen MR) is 115 cm³/mol. The van der Waals surface area contributed by atoms with E-state index in [0.29, 0.717) is 17.3 Å². The molecule has 0 saturated carbocycles. The minimum Gasteiger partial charge on any atom is -0.495 e. The highest BCUT2D eigenvalue weighted by Gasteiger charge is 2.29. The first-order chi connectivity index (χ1) is 14.5. The van der Waals surface area contributed by atoms with Crippen molar-refractivity contribution in [2.24, 2.45) is 0 Å². The van der Waals surface area contributed by atoms with Crippen LogP contribution >= 0.6 is 15.9 Å². The zero-order valence-electron chi connectivity index (χ0n) is 15.8. The van der Waals surface area contributed by atoms with Crippen LogP contribution in [-0.4, -0.2) is 33.9 Å². The Morgan fingerprint density at radius 1 is 1.20 bits per heavy atom. The van der Waals surface area contributed by atoms with Crippen LogP contribution in [0.4, 0.5) is 11.5 Å². The summed E-state index contributed by atoms with van der Waals surface area (Å²) < 4.78 is 7.76. The molecule has 1 aliphatic rings. The third-order valence-electron chi connectivity index (χ3n) is 4.68. The molecule has 0 bridgehead atoms. The van der Waals surface area contributed by atoms with E-state index in [-0.39, 0.29) is 11.3 Å². The fourth-order valence-corrected chi connectivity index (χ4v) is 3.49. The summed E-state index contributed by atoms with van der Waals surface area (Å²) in [6.07, 6.45) is 2.98. The Morgan fingerprint density at radius 2 is 1.93 bits per heavy atom. The molecule has 1 aliphatic heterocycles. The van der Waals surface area contributed by atoms with Gasteiger partial charge < -0.3 is 20.5 Å². The summed E-state index contributed by atoms with van der Waals surface area (Å²) in [6.45, 7) is 0. The number of methoxy groups -OCH3 is 1. The van der Waals surface area contributed by atoms with E-state index in [1.807, 2.05) is 24.3 Å². The fraction of sp³-hybridized carbons (Fsp3) is 0.0952. The number of aliphatic carboxylic acids is 1. The number of fused-ring (bicyclic) bond motifs is 1. The van der Waals surface area contributed by atoms with Gasteiger partial charge in [-0.1, -0.05) is 40.2 Å². The van der Waals surface area contributed by atoms with Crippen LogP contribution in [0.1, 0.15) is 22.0 Å². The minimum absolute atomic E-state index is 0.0257. The lowest BCUT2D eigenvalue weighted by atomic mass is 10.0. The Bertz CT molecular complexity index is 1150. The van der Waals surface area contributed by atoms with Crippen molar-refractivity contribution in [1.29, 1.82) is 0 Å². The standard InChI is InChI=1S/C21H17BrN4O4/c1-30-18-5-3-2-4-15(18)25-20(27)14-11-23-26-17(12-6-8-13(22)9-7-12)10-16(21(28)29)24-19(14)26/h2-11,17,24H,1H3,(H,25,27)(H,28,29). The van der Waals surface area contributed by atoms with Crippen LogP contribution in [-0.2, 0) is 4.79 Å². The van der Waals surface area contributed by atoms with Gasteiger partial charge >= 0.3 is 5.97 Å². The maximum atomic E-state index is 12.9. The van der Waals surface area contributed by atoms with E-state index in [1.165, 1.54) is 13.3 Å². The molecule has 0 fully saturated rings. The Balaban J connectivity index is 1.72. The molecule has 0 aliphatic carbocycles. The Hall–Kier alpha value is -3.59. The lowest BCUT2D eigenvalue weighted by molar-refractivity contribution is -0.132. The number of ether oxygens (including phenoxy) is 1. The van der Waals surface area contributed by atoms with Gasteiger partial charge in [-0.2, -0.15) is 5.10 Å². The maximum Gasteiger partial charge on any atom is 0.352 e. The quantitative estimate of drug-likeness (QED) is 0.524. The number of benzene rings is 2. The molecule has 1 amide bonds. The average molecular weight is 469 g/mol. The van der Waals surface area contributed by atoms with Crippen LogP contribution in [0.25, 0.3) is 0 Å². The first-order valence-corrected chi connectivity index (χ1v) is 9.76. The lowest BCUT2D eigenvalue weighted by Gasteiger charge is -2.24. The van der Waals surface area contributed by atoms with Crippen molar-refractivity contribution in [2.75, 3.05) is 17.7 Å². The summed E-state index contributed by atoms with van der Waals surface area (Å²) in [5, 5.41) is 19.5. The highest BCUT2D eigenvalue weighted by atomic mass is 79.9. The van der Waals surface area contributed by atoms with Crippen molar-refractivity contribution < 1.29 is 19.4 Å². The summed E-state index contributed by atoms with van der Waals surface area (Å²) in [6, 6.07) is 14.0.